The van der Waals surface area contributed by atoms with Crippen molar-refractivity contribution in [1.82, 2.24) is 14.8 Å². The van der Waals surface area contributed by atoms with E-state index in [0.29, 0.717) is 17.2 Å². The first kappa shape index (κ1) is 14.8. The molecule has 0 amide bonds. The van der Waals surface area contributed by atoms with Gasteiger partial charge in [-0.2, -0.15) is 5.10 Å². The minimum Gasteiger partial charge on any atom is -0.485 e. The number of hydrogen-bond donors (Lipinski definition) is 2. The number of para-hydroxylation sites is 1. The molecule has 0 spiro atoms. The maximum absolute atomic E-state index is 8.79. The topological polar surface area (TPSA) is 98.5 Å². The fraction of sp³-hybridized carbons (Fsp3) is 0.357. The van der Waals surface area contributed by atoms with Crippen molar-refractivity contribution in [1.29, 1.82) is 0 Å². The van der Waals surface area contributed by atoms with E-state index < -0.39 is 0 Å². The molecule has 0 fully saturated rings. The first-order valence-corrected chi connectivity index (χ1v) is 6.68. The molecule has 1 aromatic carbocycles. The Hall–Kier alpha value is -2.57. The van der Waals surface area contributed by atoms with Gasteiger partial charge in [-0.15, -0.1) is 0 Å². The third-order valence-corrected chi connectivity index (χ3v) is 2.86. The van der Waals surface area contributed by atoms with Gasteiger partial charge in [0.15, 0.2) is 11.7 Å². The summed E-state index contributed by atoms with van der Waals surface area (Å²) >= 11 is 0. The molecule has 21 heavy (non-hydrogen) atoms. The second kappa shape index (κ2) is 6.74. The molecule has 0 radical (unpaired) electrons. The van der Waals surface area contributed by atoms with Crippen molar-refractivity contribution in [3.63, 3.8) is 0 Å². The lowest BCUT2D eigenvalue weighted by atomic mass is 10.2. The van der Waals surface area contributed by atoms with Gasteiger partial charge in [-0.05, 0) is 18.1 Å². The normalized spacial score (nSPS) is 11.9. The Kier molecular flexibility index (Phi) is 4.76. The molecule has 0 atom stereocenters. The van der Waals surface area contributed by atoms with Gasteiger partial charge in [-0.25, -0.2) is 9.67 Å². The zero-order chi connectivity index (χ0) is 15.2. The Morgan fingerprint density at radius 1 is 1.43 bits per heavy atom. The van der Waals surface area contributed by atoms with Gasteiger partial charge in [0.1, 0.15) is 18.7 Å². The Morgan fingerprint density at radius 2 is 2.19 bits per heavy atom. The highest BCUT2D eigenvalue weighted by atomic mass is 16.5. The van der Waals surface area contributed by atoms with Crippen LogP contribution in [0.4, 0.5) is 0 Å². The zero-order valence-corrected chi connectivity index (χ0v) is 12.1. The maximum atomic E-state index is 8.79. The molecule has 0 unspecified atom stereocenters. The minimum absolute atomic E-state index is 0.00856. The molecule has 0 aliphatic carbocycles. The van der Waals surface area contributed by atoms with Gasteiger partial charge < -0.3 is 15.7 Å². The molecule has 2 rings (SSSR count). The van der Waals surface area contributed by atoms with Crippen LogP contribution < -0.4 is 10.5 Å². The van der Waals surface area contributed by atoms with E-state index in [1.165, 1.54) is 6.33 Å². The molecule has 3 N–H and O–H groups in total. The van der Waals surface area contributed by atoms with Gasteiger partial charge in [0.2, 0.25) is 0 Å². The van der Waals surface area contributed by atoms with Gasteiger partial charge in [-0.1, -0.05) is 31.1 Å². The molecule has 0 bridgehead atoms. The number of oxime groups is 1. The molecule has 7 nitrogen and oxygen atoms in total. The highest BCUT2D eigenvalue weighted by Gasteiger charge is 2.11. The van der Waals surface area contributed by atoms with Crippen LogP contribution >= 0.6 is 0 Å². The molecule has 1 aromatic heterocycles. The number of ether oxygens (including phenoxy) is 1. The molecular formula is C14H19N5O2. The number of aromatic nitrogens is 3. The Labute approximate surface area is 123 Å². The van der Waals surface area contributed by atoms with Gasteiger partial charge in [0, 0.05) is 6.54 Å². The van der Waals surface area contributed by atoms with Crippen LogP contribution in [0.15, 0.2) is 35.7 Å². The van der Waals surface area contributed by atoms with Crippen molar-refractivity contribution in [2.75, 3.05) is 0 Å². The second-order valence-corrected chi connectivity index (χ2v) is 5.02. The van der Waals surface area contributed by atoms with E-state index in [1.54, 1.807) is 18.2 Å². The van der Waals surface area contributed by atoms with E-state index in [-0.39, 0.29) is 12.4 Å². The van der Waals surface area contributed by atoms with Crippen molar-refractivity contribution in [2.45, 2.75) is 27.0 Å². The first-order chi connectivity index (χ1) is 10.1. The fourth-order valence-corrected chi connectivity index (χ4v) is 1.90. The zero-order valence-electron chi connectivity index (χ0n) is 12.1. The van der Waals surface area contributed by atoms with E-state index in [1.807, 2.05) is 10.7 Å². The third-order valence-electron chi connectivity index (χ3n) is 2.86. The van der Waals surface area contributed by atoms with E-state index in [9.17, 15) is 0 Å². The Morgan fingerprint density at radius 3 is 2.90 bits per heavy atom. The lowest BCUT2D eigenvalue weighted by Gasteiger charge is -2.12. The predicted molar refractivity (Wildman–Crippen MR) is 78.1 cm³/mol. The van der Waals surface area contributed by atoms with Crippen molar-refractivity contribution < 1.29 is 9.94 Å². The van der Waals surface area contributed by atoms with Crippen LogP contribution in [-0.2, 0) is 13.2 Å². The van der Waals surface area contributed by atoms with Crippen LogP contribution in [0.25, 0.3) is 0 Å². The number of hydrogen-bond acceptors (Lipinski definition) is 5. The SMILES string of the molecule is CC(C)Cn1ncnc1COc1ccccc1C(N)=NO. The summed E-state index contributed by atoms with van der Waals surface area (Å²) in [7, 11) is 0. The molecular weight excluding hydrogens is 270 g/mol. The molecule has 112 valence electrons. The van der Waals surface area contributed by atoms with E-state index in [4.69, 9.17) is 15.7 Å². The maximum Gasteiger partial charge on any atom is 0.173 e. The van der Waals surface area contributed by atoms with Crippen molar-refractivity contribution in [3.8, 4) is 5.75 Å². The summed E-state index contributed by atoms with van der Waals surface area (Å²) in [6, 6.07) is 7.10. The number of nitrogens with zero attached hydrogens (tertiary/aromatic N) is 4. The molecule has 0 saturated carbocycles. The van der Waals surface area contributed by atoms with E-state index >= 15 is 0 Å². The lowest BCUT2D eigenvalue weighted by molar-refractivity contribution is 0.281. The predicted octanol–water partition coefficient (Wildman–Crippen LogP) is 1.61. The fourth-order valence-electron chi connectivity index (χ4n) is 1.90. The number of amidine groups is 1. The average molecular weight is 289 g/mol. The summed E-state index contributed by atoms with van der Waals surface area (Å²) in [5.41, 5.74) is 6.16. The van der Waals surface area contributed by atoms with Crippen LogP contribution in [0.2, 0.25) is 0 Å². The largest absolute Gasteiger partial charge is 0.485 e. The molecule has 7 heteroatoms. The van der Waals surface area contributed by atoms with E-state index in [2.05, 4.69) is 29.1 Å². The summed E-state index contributed by atoms with van der Waals surface area (Å²) < 4.78 is 7.55. The Balaban J connectivity index is 2.12. The van der Waals surface area contributed by atoms with Gasteiger partial charge in [0.25, 0.3) is 0 Å². The summed E-state index contributed by atoms with van der Waals surface area (Å²) in [5.74, 6) is 1.74. The average Bonchev–Trinajstić information content (AvgIpc) is 2.91. The van der Waals surface area contributed by atoms with E-state index in [0.717, 1.165) is 12.4 Å². The first-order valence-electron chi connectivity index (χ1n) is 6.68. The van der Waals surface area contributed by atoms with Crippen molar-refractivity contribution in [3.05, 3.63) is 42.0 Å². The van der Waals surface area contributed by atoms with Crippen LogP contribution in [0.5, 0.6) is 5.75 Å². The van der Waals surface area contributed by atoms with Crippen LogP contribution in [0, 0.1) is 5.92 Å². The van der Waals surface area contributed by atoms with Gasteiger partial charge in [0.05, 0.1) is 5.56 Å². The Bertz CT molecular complexity index is 621. The second-order valence-electron chi connectivity index (χ2n) is 5.02. The van der Waals surface area contributed by atoms with Gasteiger partial charge >= 0.3 is 0 Å². The standard InChI is InChI=1S/C14H19N5O2/c1-10(2)7-19-13(16-9-17-19)8-21-12-6-4-3-5-11(12)14(15)18-20/h3-6,9-10,20H,7-8H2,1-2H3,(H2,15,18). The summed E-state index contributed by atoms with van der Waals surface area (Å²) in [5, 5.41) is 16.0. The highest BCUT2D eigenvalue weighted by molar-refractivity contribution is 5.99. The summed E-state index contributed by atoms with van der Waals surface area (Å²) in [6.45, 7) is 5.27. The lowest BCUT2D eigenvalue weighted by Crippen LogP contribution is -2.16. The highest BCUT2D eigenvalue weighted by Crippen LogP contribution is 2.18. The number of rotatable bonds is 6. The molecule has 2 aromatic rings. The van der Waals surface area contributed by atoms with Crippen molar-refractivity contribution in [2.24, 2.45) is 16.8 Å². The number of nitrogens with two attached hydrogens (primary N) is 1. The third kappa shape index (κ3) is 3.71. The summed E-state index contributed by atoms with van der Waals surface area (Å²) in [6.07, 6.45) is 1.51. The van der Waals surface area contributed by atoms with Crippen molar-refractivity contribution >= 4 is 5.84 Å². The molecule has 0 aliphatic heterocycles. The monoisotopic (exact) mass is 289 g/mol. The quantitative estimate of drug-likeness (QED) is 0.364. The smallest absolute Gasteiger partial charge is 0.173 e. The molecule has 1 heterocycles. The van der Waals surface area contributed by atoms with Crippen LogP contribution in [0.1, 0.15) is 25.2 Å². The van der Waals surface area contributed by atoms with Crippen LogP contribution in [0.3, 0.4) is 0 Å². The number of benzene rings is 1. The summed E-state index contributed by atoms with van der Waals surface area (Å²) in [4.78, 5) is 4.19. The minimum atomic E-state index is 0.00856. The van der Waals surface area contributed by atoms with Crippen LogP contribution in [-0.4, -0.2) is 25.8 Å². The molecule has 0 aliphatic rings. The van der Waals surface area contributed by atoms with Gasteiger partial charge in [-0.3, -0.25) is 0 Å². The molecule has 0 saturated heterocycles.